The maximum Gasteiger partial charge on any atom is 0.410 e. The zero-order valence-corrected chi connectivity index (χ0v) is 13.3. The third-order valence-electron chi connectivity index (χ3n) is 3.01. The summed E-state index contributed by atoms with van der Waals surface area (Å²) in [6.45, 7) is 6.57. The van der Waals surface area contributed by atoms with E-state index < -0.39 is 5.60 Å². The maximum absolute atomic E-state index is 12.1. The van der Waals surface area contributed by atoms with Crippen LogP contribution >= 0.6 is 11.6 Å². The summed E-state index contributed by atoms with van der Waals surface area (Å²) in [5, 5.41) is 0.329. The van der Waals surface area contributed by atoms with Gasteiger partial charge in [-0.15, -0.1) is 0 Å². The van der Waals surface area contributed by atoms with Crippen molar-refractivity contribution in [3.63, 3.8) is 0 Å². The number of hydrogen-bond acceptors (Lipinski definition) is 5. The summed E-state index contributed by atoms with van der Waals surface area (Å²) in [7, 11) is 0. The molecule has 1 saturated heterocycles. The number of likely N-dealkylation sites (tertiary alicyclic amines) is 1. The molecule has 0 spiro atoms. The van der Waals surface area contributed by atoms with Gasteiger partial charge in [0.15, 0.2) is 0 Å². The van der Waals surface area contributed by atoms with Gasteiger partial charge in [0.05, 0.1) is 6.04 Å². The van der Waals surface area contributed by atoms with Gasteiger partial charge in [-0.1, -0.05) is 11.6 Å². The largest absolute Gasteiger partial charge is 0.461 e. The Morgan fingerprint density at radius 3 is 2.95 bits per heavy atom. The molecule has 21 heavy (non-hydrogen) atoms. The van der Waals surface area contributed by atoms with Crippen molar-refractivity contribution in [2.45, 2.75) is 45.3 Å². The molecule has 0 bridgehead atoms. The third-order valence-corrected chi connectivity index (χ3v) is 3.22. The first-order valence-corrected chi connectivity index (χ1v) is 7.34. The van der Waals surface area contributed by atoms with Gasteiger partial charge in [-0.25, -0.2) is 9.78 Å². The number of rotatable bonds is 3. The van der Waals surface area contributed by atoms with Crippen LogP contribution in [0.15, 0.2) is 12.3 Å². The van der Waals surface area contributed by atoms with Crippen LogP contribution in [0.2, 0.25) is 5.15 Å². The molecule has 1 fully saturated rings. The van der Waals surface area contributed by atoms with Crippen LogP contribution < -0.4 is 4.74 Å². The second-order valence-electron chi connectivity index (χ2n) is 5.94. The van der Waals surface area contributed by atoms with Crippen molar-refractivity contribution in [2.24, 2.45) is 0 Å². The molecule has 2 heterocycles. The predicted molar refractivity (Wildman–Crippen MR) is 78.5 cm³/mol. The van der Waals surface area contributed by atoms with Crippen molar-refractivity contribution in [1.29, 1.82) is 0 Å². The molecule has 0 unspecified atom stereocenters. The first-order chi connectivity index (χ1) is 9.85. The number of halogens is 1. The van der Waals surface area contributed by atoms with Crippen molar-refractivity contribution < 1.29 is 14.3 Å². The van der Waals surface area contributed by atoms with E-state index >= 15 is 0 Å². The van der Waals surface area contributed by atoms with Gasteiger partial charge in [0.1, 0.15) is 17.4 Å². The molecule has 0 aliphatic carbocycles. The quantitative estimate of drug-likeness (QED) is 0.803. The van der Waals surface area contributed by atoms with E-state index in [9.17, 15) is 4.79 Å². The Balaban J connectivity index is 1.91. The fourth-order valence-electron chi connectivity index (χ4n) is 2.13. The number of carbonyl (C=O) groups excluding carboxylic acids is 1. The summed E-state index contributed by atoms with van der Waals surface area (Å²) in [5.74, 6) is 0. The minimum Gasteiger partial charge on any atom is -0.461 e. The van der Waals surface area contributed by atoms with Gasteiger partial charge in [-0.05, 0) is 39.7 Å². The van der Waals surface area contributed by atoms with Crippen molar-refractivity contribution in [2.75, 3.05) is 13.2 Å². The molecule has 0 aromatic carbocycles. The number of amides is 1. The van der Waals surface area contributed by atoms with Crippen LogP contribution in [-0.4, -0.2) is 45.8 Å². The van der Waals surface area contributed by atoms with Gasteiger partial charge >= 0.3 is 12.1 Å². The van der Waals surface area contributed by atoms with E-state index in [1.165, 1.54) is 6.20 Å². The summed E-state index contributed by atoms with van der Waals surface area (Å²) < 4.78 is 10.9. The Morgan fingerprint density at radius 1 is 1.52 bits per heavy atom. The van der Waals surface area contributed by atoms with Crippen LogP contribution in [0, 0.1) is 0 Å². The summed E-state index contributed by atoms with van der Waals surface area (Å²) in [6, 6.07) is 1.78. The predicted octanol–water partition coefficient (Wildman–Crippen LogP) is 2.91. The van der Waals surface area contributed by atoms with Crippen molar-refractivity contribution >= 4 is 17.7 Å². The first-order valence-electron chi connectivity index (χ1n) is 6.96. The lowest BCUT2D eigenvalue weighted by atomic mass is 10.2. The Bertz CT molecular complexity index is 504. The number of aromatic nitrogens is 2. The second kappa shape index (κ2) is 6.47. The Kier molecular flexibility index (Phi) is 4.88. The number of hydrogen-bond donors (Lipinski definition) is 0. The molecule has 1 aromatic heterocycles. The van der Waals surface area contributed by atoms with Gasteiger partial charge in [0.25, 0.3) is 0 Å². The van der Waals surface area contributed by atoms with E-state index in [-0.39, 0.29) is 18.1 Å². The third kappa shape index (κ3) is 4.74. The molecule has 6 nitrogen and oxygen atoms in total. The topological polar surface area (TPSA) is 64.5 Å². The van der Waals surface area contributed by atoms with E-state index in [0.29, 0.717) is 18.3 Å². The van der Waals surface area contributed by atoms with Gasteiger partial charge < -0.3 is 14.4 Å². The first kappa shape index (κ1) is 15.8. The smallest absolute Gasteiger partial charge is 0.410 e. The molecule has 0 radical (unpaired) electrons. The van der Waals surface area contributed by atoms with Crippen molar-refractivity contribution in [3.8, 4) is 6.01 Å². The molecule has 1 aliphatic heterocycles. The molecule has 116 valence electrons. The van der Waals surface area contributed by atoms with Crippen LogP contribution in [0.25, 0.3) is 0 Å². The van der Waals surface area contributed by atoms with E-state index in [1.807, 2.05) is 20.8 Å². The van der Waals surface area contributed by atoms with E-state index in [0.717, 1.165) is 12.8 Å². The minimum atomic E-state index is -0.499. The van der Waals surface area contributed by atoms with Crippen LogP contribution in [0.4, 0.5) is 4.79 Å². The number of carbonyl (C=O) groups is 1. The Morgan fingerprint density at radius 2 is 2.29 bits per heavy atom. The molecule has 1 amide bonds. The van der Waals surface area contributed by atoms with Crippen LogP contribution in [-0.2, 0) is 4.74 Å². The lowest BCUT2D eigenvalue weighted by Gasteiger charge is -2.28. The molecule has 0 N–H and O–H groups in total. The Labute approximate surface area is 129 Å². The standard InChI is InChI=1S/C14H20ClN3O3/c1-14(2,3)21-13(19)18-8-4-5-10(18)9-20-12-16-7-6-11(15)17-12/h6-7,10H,4-5,8-9H2,1-3H3/t10-/m0/s1. The fraction of sp³-hybridized carbons (Fsp3) is 0.643. The van der Waals surface area contributed by atoms with Gasteiger partial charge in [0, 0.05) is 12.7 Å². The molecular weight excluding hydrogens is 294 g/mol. The van der Waals surface area contributed by atoms with Crippen LogP contribution in [0.1, 0.15) is 33.6 Å². The highest BCUT2D eigenvalue weighted by atomic mass is 35.5. The second-order valence-corrected chi connectivity index (χ2v) is 6.33. The Hall–Kier alpha value is -1.56. The highest BCUT2D eigenvalue weighted by Crippen LogP contribution is 2.21. The summed E-state index contributed by atoms with van der Waals surface area (Å²) >= 11 is 5.78. The summed E-state index contributed by atoms with van der Waals surface area (Å²) in [4.78, 5) is 21.8. The molecule has 0 saturated carbocycles. The lowest BCUT2D eigenvalue weighted by Crippen LogP contribution is -2.42. The monoisotopic (exact) mass is 313 g/mol. The number of nitrogens with zero attached hydrogens (tertiary/aromatic N) is 3. The molecular formula is C14H20ClN3O3. The van der Waals surface area contributed by atoms with E-state index in [2.05, 4.69) is 9.97 Å². The van der Waals surface area contributed by atoms with E-state index in [4.69, 9.17) is 21.1 Å². The zero-order valence-electron chi connectivity index (χ0n) is 12.5. The van der Waals surface area contributed by atoms with Gasteiger partial charge in [-0.2, -0.15) is 4.98 Å². The highest BCUT2D eigenvalue weighted by molar-refractivity contribution is 6.29. The molecule has 2 rings (SSSR count). The number of ether oxygens (including phenoxy) is 2. The molecule has 1 aliphatic rings. The average molecular weight is 314 g/mol. The van der Waals surface area contributed by atoms with Gasteiger partial charge in [-0.3, -0.25) is 0 Å². The SMILES string of the molecule is CC(C)(C)OC(=O)N1CCC[C@H]1COc1nccc(Cl)n1. The lowest BCUT2D eigenvalue weighted by molar-refractivity contribution is 0.0184. The normalized spacial score (nSPS) is 18.7. The maximum atomic E-state index is 12.1. The summed E-state index contributed by atoms with van der Waals surface area (Å²) in [6.07, 6.45) is 3.04. The zero-order chi connectivity index (χ0) is 15.5. The molecule has 1 aromatic rings. The molecule has 7 heteroatoms. The van der Waals surface area contributed by atoms with Crippen LogP contribution in [0.3, 0.4) is 0 Å². The highest BCUT2D eigenvalue weighted by Gasteiger charge is 2.32. The summed E-state index contributed by atoms with van der Waals surface area (Å²) in [5.41, 5.74) is -0.499. The minimum absolute atomic E-state index is 0.0255. The van der Waals surface area contributed by atoms with Crippen molar-refractivity contribution in [3.05, 3.63) is 17.4 Å². The van der Waals surface area contributed by atoms with Crippen LogP contribution in [0.5, 0.6) is 6.01 Å². The fourth-order valence-corrected chi connectivity index (χ4v) is 2.26. The average Bonchev–Trinajstić information content (AvgIpc) is 2.83. The molecule has 1 atom stereocenters. The van der Waals surface area contributed by atoms with E-state index in [1.54, 1.807) is 11.0 Å². The van der Waals surface area contributed by atoms with Gasteiger partial charge in [0.2, 0.25) is 0 Å². The van der Waals surface area contributed by atoms with Crippen molar-refractivity contribution in [1.82, 2.24) is 14.9 Å².